The van der Waals surface area contributed by atoms with E-state index < -0.39 is 0 Å². The lowest BCUT2D eigenvalue weighted by Crippen LogP contribution is -1.85. The second kappa shape index (κ2) is 3.01. The molecule has 0 bridgehead atoms. The van der Waals surface area contributed by atoms with Crippen LogP contribution in [0.2, 0.25) is 0 Å². The van der Waals surface area contributed by atoms with E-state index in [1.807, 2.05) is 6.07 Å². The maximum absolute atomic E-state index is 12.7. The van der Waals surface area contributed by atoms with Crippen LogP contribution in [0.4, 0.5) is 4.39 Å². The molecule has 2 rings (SSSR count). The van der Waals surface area contributed by atoms with Crippen LogP contribution in [0, 0.1) is 5.82 Å². The highest BCUT2D eigenvalue weighted by atomic mass is 19.1. The standard InChI is InChI=1S/C10H8FNO/c1-13-9-4-7-2-3-8(11)5-10(7)12-6-9/h2-6H,1H3. The zero-order valence-corrected chi connectivity index (χ0v) is 7.12. The van der Waals surface area contributed by atoms with Crippen LogP contribution < -0.4 is 4.74 Å². The number of hydrogen-bond acceptors (Lipinski definition) is 2. The predicted octanol–water partition coefficient (Wildman–Crippen LogP) is 2.38. The van der Waals surface area contributed by atoms with Crippen molar-refractivity contribution in [3.05, 3.63) is 36.3 Å². The highest BCUT2D eigenvalue weighted by Crippen LogP contribution is 2.18. The Morgan fingerprint density at radius 2 is 2.15 bits per heavy atom. The summed E-state index contributed by atoms with van der Waals surface area (Å²) in [6.07, 6.45) is 1.57. The average molecular weight is 177 g/mol. The van der Waals surface area contributed by atoms with Gasteiger partial charge in [-0.25, -0.2) is 4.39 Å². The number of hydrogen-bond donors (Lipinski definition) is 0. The molecule has 1 aromatic heterocycles. The second-order valence-corrected chi connectivity index (χ2v) is 2.71. The summed E-state index contributed by atoms with van der Waals surface area (Å²) < 4.78 is 17.7. The molecule has 0 aliphatic rings. The maximum atomic E-state index is 12.7. The van der Waals surface area contributed by atoms with E-state index in [0.29, 0.717) is 11.3 Å². The van der Waals surface area contributed by atoms with Gasteiger partial charge in [-0.3, -0.25) is 4.98 Å². The molecule has 1 aromatic carbocycles. The molecular formula is C10H8FNO. The highest BCUT2D eigenvalue weighted by molar-refractivity contribution is 5.79. The fraction of sp³-hybridized carbons (Fsp3) is 0.100. The van der Waals surface area contributed by atoms with Crippen LogP contribution in [0.1, 0.15) is 0 Å². The van der Waals surface area contributed by atoms with Crippen LogP contribution in [0.15, 0.2) is 30.5 Å². The van der Waals surface area contributed by atoms with Gasteiger partial charge < -0.3 is 4.74 Å². The van der Waals surface area contributed by atoms with Gasteiger partial charge in [-0.15, -0.1) is 0 Å². The van der Waals surface area contributed by atoms with E-state index in [1.165, 1.54) is 12.1 Å². The van der Waals surface area contributed by atoms with Crippen molar-refractivity contribution >= 4 is 10.9 Å². The molecule has 66 valence electrons. The van der Waals surface area contributed by atoms with Gasteiger partial charge in [-0.1, -0.05) is 0 Å². The summed E-state index contributed by atoms with van der Waals surface area (Å²) in [7, 11) is 1.58. The first-order valence-electron chi connectivity index (χ1n) is 3.89. The lowest BCUT2D eigenvalue weighted by Gasteiger charge is -2.00. The first kappa shape index (κ1) is 7.98. The zero-order chi connectivity index (χ0) is 9.26. The van der Waals surface area contributed by atoms with Gasteiger partial charge in [0.15, 0.2) is 0 Å². The van der Waals surface area contributed by atoms with Crippen molar-refractivity contribution in [1.29, 1.82) is 0 Å². The maximum Gasteiger partial charge on any atom is 0.137 e. The minimum absolute atomic E-state index is 0.273. The van der Waals surface area contributed by atoms with Crippen molar-refractivity contribution in [2.45, 2.75) is 0 Å². The Labute approximate surface area is 75.0 Å². The van der Waals surface area contributed by atoms with Crippen molar-refractivity contribution in [1.82, 2.24) is 4.98 Å². The van der Waals surface area contributed by atoms with Gasteiger partial charge in [0.05, 0.1) is 18.8 Å². The van der Waals surface area contributed by atoms with Gasteiger partial charge in [0.1, 0.15) is 11.6 Å². The molecule has 0 fully saturated rings. The number of halogens is 1. The van der Waals surface area contributed by atoms with E-state index in [2.05, 4.69) is 4.98 Å². The van der Waals surface area contributed by atoms with Crippen LogP contribution in [0.5, 0.6) is 5.75 Å². The Morgan fingerprint density at radius 1 is 1.31 bits per heavy atom. The second-order valence-electron chi connectivity index (χ2n) is 2.71. The van der Waals surface area contributed by atoms with E-state index >= 15 is 0 Å². The Morgan fingerprint density at radius 3 is 2.92 bits per heavy atom. The first-order chi connectivity index (χ1) is 6.29. The molecule has 0 amide bonds. The number of aromatic nitrogens is 1. The average Bonchev–Trinajstić information content (AvgIpc) is 2.17. The number of methoxy groups -OCH3 is 1. The SMILES string of the molecule is COc1cnc2cc(F)ccc2c1. The molecule has 0 radical (unpaired) electrons. The number of rotatable bonds is 1. The molecule has 2 aromatic rings. The molecule has 0 saturated heterocycles. The minimum Gasteiger partial charge on any atom is -0.495 e. The number of nitrogens with zero attached hydrogens (tertiary/aromatic N) is 1. The Balaban J connectivity index is 2.66. The summed E-state index contributed by atoms with van der Waals surface area (Å²) >= 11 is 0. The largest absolute Gasteiger partial charge is 0.495 e. The third-order valence-corrected chi connectivity index (χ3v) is 1.86. The molecule has 0 aliphatic carbocycles. The molecule has 0 saturated carbocycles. The van der Waals surface area contributed by atoms with Crippen molar-refractivity contribution in [2.75, 3.05) is 7.11 Å². The number of fused-ring (bicyclic) bond motifs is 1. The van der Waals surface area contributed by atoms with Crippen molar-refractivity contribution < 1.29 is 9.13 Å². The van der Waals surface area contributed by atoms with Gasteiger partial charge in [-0.05, 0) is 18.2 Å². The van der Waals surface area contributed by atoms with Crippen LogP contribution >= 0.6 is 0 Å². The monoisotopic (exact) mass is 177 g/mol. The van der Waals surface area contributed by atoms with Crippen LogP contribution in [-0.2, 0) is 0 Å². The van der Waals surface area contributed by atoms with Gasteiger partial charge in [-0.2, -0.15) is 0 Å². The Hall–Kier alpha value is -1.64. The third-order valence-electron chi connectivity index (χ3n) is 1.86. The molecule has 0 unspecified atom stereocenters. The van der Waals surface area contributed by atoms with E-state index in [4.69, 9.17) is 4.74 Å². The van der Waals surface area contributed by atoms with E-state index in [-0.39, 0.29) is 5.82 Å². The summed E-state index contributed by atoms with van der Waals surface area (Å²) in [6, 6.07) is 6.31. The molecule has 0 atom stereocenters. The number of pyridine rings is 1. The van der Waals surface area contributed by atoms with E-state index in [9.17, 15) is 4.39 Å². The number of ether oxygens (including phenoxy) is 1. The zero-order valence-electron chi connectivity index (χ0n) is 7.12. The van der Waals surface area contributed by atoms with E-state index in [1.54, 1.807) is 19.4 Å². The van der Waals surface area contributed by atoms with Gasteiger partial charge in [0.25, 0.3) is 0 Å². The molecule has 2 nitrogen and oxygen atoms in total. The molecule has 3 heteroatoms. The van der Waals surface area contributed by atoms with Crippen molar-refractivity contribution in [3.63, 3.8) is 0 Å². The van der Waals surface area contributed by atoms with Crippen LogP contribution in [0.3, 0.4) is 0 Å². The normalized spacial score (nSPS) is 10.3. The van der Waals surface area contributed by atoms with Gasteiger partial charge >= 0.3 is 0 Å². The van der Waals surface area contributed by atoms with Gasteiger partial charge in [0.2, 0.25) is 0 Å². The Kier molecular flexibility index (Phi) is 1.85. The summed E-state index contributed by atoms with van der Waals surface area (Å²) in [5, 5.41) is 0.876. The molecule has 1 heterocycles. The Bertz CT molecular complexity index is 442. The summed E-state index contributed by atoms with van der Waals surface area (Å²) in [5.74, 6) is 0.407. The summed E-state index contributed by atoms with van der Waals surface area (Å²) in [4.78, 5) is 4.05. The highest BCUT2D eigenvalue weighted by Gasteiger charge is 1.98. The molecular weight excluding hydrogens is 169 g/mol. The van der Waals surface area contributed by atoms with E-state index in [0.717, 1.165) is 5.39 Å². The quantitative estimate of drug-likeness (QED) is 0.667. The summed E-state index contributed by atoms with van der Waals surface area (Å²) in [5.41, 5.74) is 0.640. The fourth-order valence-corrected chi connectivity index (χ4v) is 1.19. The number of benzene rings is 1. The molecule has 0 N–H and O–H groups in total. The van der Waals surface area contributed by atoms with Crippen molar-refractivity contribution in [2.24, 2.45) is 0 Å². The fourth-order valence-electron chi connectivity index (χ4n) is 1.19. The van der Waals surface area contributed by atoms with Crippen LogP contribution in [0.25, 0.3) is 10.9 Å². The summed E-state index contributed by atoms with van der Waals surface area (Å²) in [6.45, 7) is 0. The molecule has 0 aliphatic heterocycles. The van der Waals surface area contributed by atoms with Gasteiger partial charge in [0, 0.05) is 11.5 Å². The minimum atomic E-state index is -0.273. The topological polar surface area (TPSA) is 22.1 Å². The van der Waals surface area contributed by atoms with Crippen molar-refractivity contribution in [3.8, 4) is 5.75 Å². The molecule has 0 spiro atoms. The molecule has 13 heavy (non-hydrogen) atoms. The predicted molar refractivity (Wildman–Crippen MR) is 48.3 cm³/mol. The lowest BCUT2D eigenvalue weighted by atomic mass is 10.2. The third kappa shape index (κ3) is 1.45. The smallest absolute Gasteiger partial charge is 0.137 e. The van der Waals surface area contributed by atoms with Crippen LogP contribution in [-0.4, -0.2) is 12.1 Å². The first-order valence-corrected chi connectivity index (χ1v) is 3.89. The lowest BCUT2D eigenvalue weighted by molar-refractivity contribution is 0.413.